The molecule has 1 rings (SSSR count). The number of hydrogen-bond donors (Lipinski definition) is 3. The Kier molecular flexibility index (Phi) is 2.42. The summed E-state index contributed by atoms with van der Waals surface area (Å²) in [5, 5.41) is 16.5. The van der Waals surface area contributed by atoms with Crippen molar-refractivity contribution in [3.05, 3.63) is 18.0 Å². The highest BCUT2D eigenvalue weighted by Crippen LogP contribution is 1.91. The summed E-state index contributed by atoms with van der Waals surface area (Å²) in [5.74, 6) is -2.50. The summed E-state index contributed by atoms with van der Waals surface area (Å²) in [6.45, 7) is 0.168. The van der Waals surface area contributed by atoms with Gasteiger partial charge in [-0.1, -0.05) is 0 Å². The van der Waals surface area contributed by atoms with E-state index >= 15 is 0 Å². The number of aromatic nitrogens is 2. The first-order chi connectivity index (χ1) is 5.70. The molecule has 0 saturated heterocycles. The van der Waals surface area contributed by atoms with Crippen molar-refractivity contribution in [1.82, 2.24) is 15.5 Å². The molecule has 6 heteroatoms. The Hall–Kier alpha value is -1.85. The molecular formula is C6H7N3O3. The predicted octanol–water partition coefficient (Wildman–Crippen LogP) is -0.889. The number of amides is 1. The van der Waals surface area contributed by atoms with Gasteiger partial charge in [0.2, 0.25) is 0 Å². The number of carboxylic acid groups (broad SMARTS) is 1. The fourth-order valence-corrected chi connectivity index (χ4v) is 0.632. The van der Waals surface area contributed by atoms with Gasteiger partial charge in [-0.05, 0) is 0 Å². The molecule has 0 aliphatic rings. The molecular weight excluding hydrogens is 162 g/mol. The van der Waals surface area contributed by atoms with E-state index in [1.54, 1.807) is 6.20 Å². The summed E-state index contributed by atoms with van der Waals surface area (Å²) >= 11 is 0. The van der Waals surface area contributed by atoms with Crippen LogP contribution in [-0.2, 0) is 16.1 Å². The molecule has 64 valence electrons. The van der Waals surface area contributed by atoms with Gasteiger partial charge in [-0.25, -0.2) is 4.79 Å². The van der Waals surface area contributed by atoms with Crippen molar-refractivity contribution in [3.8, 4) is 0 Å². The van der Waals surface area contributed by atoms with Crippen LogP contribution < -0.4 is 5.32 Å². The molecule has 1 aromatic heterocycles. The van der Waals surface area contributed by atoms with Gasteiger partial charge in [0.15, 0.2) is 0 Å². The SMILES string of the molecule is O=C(O)C(=O)NCc1cn[nH]c1. The molecule has 0 aliphatic heterocycles. The molecule has 1 amide bonds. The second-order valence-electron chi connectivity index (χ2n) is 2.09. The molecule has 0 saturated carbocycles. The maximum absolute atomic E-state index is 10.5. The topological polar surface area (TPSA) is 95.1 Å². The Balaban J connectivity index is 2.37. The predicted molar refractivity (Wildman–Crippen MR) is 38.1 cm³/mol. The highest BCUT2D eigenvalue weighted by atomic mass is 16.4. The van der Waals surface area contributed by atoms with Gasteiger partial charge in [-0.2, -0.15) is 5.10 Å². The van der Waals surface area contributed by atoms with Gasteiger partial charge in [-0.3, -0.25) is 9.89 Å². The van der Waals surface area contributed by atoms with E-state index in [4.69, 9.17) is 5.11 Å². The summed E-state index contributed by atoms with van der Waals surface area (Å²) in [6.07, 6.45) is 3.07. The number of aliphatic carboxylic acids is 1. The highest BCUT2D eigenvalue weighted by Gasteiger charge is 2.09. The Morgan fingerprint density at radius 1 is 1.67 bits per heavy atom. The average Bonchev–Trinajstić information content (AvgIpc) is 2.51. The van der Waals surface area contributed by atoms with Gasteiger partial charge in [0.1, 0.15) is 0 Å². The third kappa shape index (κ3) is 2.08. The summed E-state index contributed by atoms with van der Waals surface area (Å²) in [6, 6.07) is 0. The molecule has 12 heavy (non-hydrogen) atoms. The van der Waals surface area contributed by atoms with Crippen LogP contribution in [-0.4, -0.2) is 27.2 Å². The quantitative estimate of drug-likeness (QED) is 0.500. The number of H-pyrrole nitrogens is 1. The summed E-state index contributed by atoms with van der Waals surface area (Å²) in [5.41, 5.74) is 0.726. The van der Waals surface area contributed by atoms with Gasteiger partial charge < -0.3 is 10.4 Å². The van der Waals surface area contributed by atoms with Crippen LogP contribution in [0, 0.1) is 0 Å². The molecule has 0 aliphatic carbocycles. The number of nitrogens with one attached hydrogen (secondary N) is 2. The van der Waals surface area contributed by atoms with E-state index in [1.165, 1.54) is 6.20 Å². The molecule has 0 fully saturated rings. The lowest BCUT2D eigenvalue weighted by Gasteiger charge is -1.96. The van der Waals surface area contributed by atoms with Crippen molar-refractivity contribution in [2.45, 2.75) is 6.54 Å². The monoisotopic (exact) mass is 169 g/mol. The minimum absolute atomic E-state index is 0.168. The Bertz CT molecular complexity index is 280. The number of nitrogens with zero attached hydrogens (tertiary/aromatic N) is 1. The van der Waals surface area contributed by atoms with Crippen molar-refractivity contribution in [2.24, 2.45) is 0 Å². The van der Waals surface area contributed by atoms with E-state index in [1.807, 2.05) is 0 Å². The van der Waals surface area contributed by atoms with Crippen LogP contribution in [0.15, 0.2) is 12.4 Å². The zero-order valence-electron chi connectivity index (χ0n) is 6.07. The summed E-state index contributed by atoms with van der Waals surface area (Å²) in [7, 11) is 0. The minimum Gasteiger partial charge on any atom is -0.474 e. The first kappa shape index (κ1) is 8.25. The standard InChI is InChI=1S/C6H7N3O3/c10-5(6(11)12)7-1-4-2-8-9-3-4/h2-3H,1H2,(H,7,10)(H,8,9)(H,11,12). The minimum atomic E-state index is -1.49. The molecule has 0 radical (unpaired) electrons. The zero-order chi connectivity index (χ0) is 8.97. The van der Waals surface area contributed by atoms with Gasteiger partial charge >= 0.3 is 11.9 Å². The van der Waals surface area contributed by atoms with Crippen LogP contribution in [0.5, 0.6) is 0 Å². The van der Waals surface area contributed by atoms with Crippen molar-refractivity contribution >= 4 is 11.9 Å². The van der Waals surface area contributed by atoms with Crippen LogP contribution >= 0.6 is 0 Å². The fourth-order valence-electron chi connectivity index (χ4n) is 0.632. The van der Waals surface area contributed by atoms with E-state index in [-0.39, 0.29) is 6.54 Å². The van der Waals surface area contributed by atoms with Gasteiger partial charge in [0, 0.05) is 18.3 Å². The number of carbonyl (C=O) groups is 2. The van der Waals surface area contributed by atoms with E-state index in [0.717, 1.165) is 5.56 Å². The molecule has 0 spiro atoms. The van der Waals surface area contributed by atoms with Crippen molar-refractivity contribution in [3.63, 3.8) is 0 Å². The summed E-state index contributed by atoms with van der Waals surface area (Å²) in [4.78, 5) is 20.5. The summed E-state index contributed by atoms with van der Waals surface area (Å²) < 4.78 is 0. The Morgan fingerprint density at radius 2 is 2.42 bits per heavy atom. The first-order valence-corrected chi connectivity index (χ1v) is 3.19. The van der Waals surface area contributed by atoms with Crippen molar-refractivity contribution in [1.29, 1.82) is 0 Å². The van der Waals surface area contributed by atoms with Gasteiger partial charge in [0.25, 0.3) is 0 Å². The number of aromatic amines is 1. The lowest BCUT2D eigenvalue weighted by Crippen LogP contribution is -2.29. The highest BCUT2D eigenvalue weighted by molar-refractivity contribution is 6.31. The molecule has 1 heterocycles. The van der Waals surface area contributed by atoms with Gasteiger partial charge in [-0.15, -0.1) is 0 Å². The lowest BCUT2D eigenvalue weighted by molar-refractivity contribution is -0.150. The maximum atomic E-state index is 10.5. The van der Waals surface area contributed by atoms with E-state index in [9.17, 15) is 9.59 Å². The van der Waals surface area contributed by atoms with E-state index in [2.05, 4.69) is 15.5 Å². The third-order valence-electron chi connectivity index (χ3n) is 1.20. The molecule has 6 nitrogen and oxygen atoms in total. The third-order valence-corrected chi connectivity index (χ3v) is 1.20. The van der Waals surface area contributed by atoms with E-state index < -0.39 is 11.9 Å². The molecule has 1 aromatic rings. The molecule has 0 bridgehead atoms. The van der Waals surface area contributed by atoms with Gasteiger partial charge in [0.05, 0.1) is 6.20 Å². The van der Waals surface area contributed by atoms with Crippen LogP contribution in [0.2, 0.25) is 0 Å². The molecule has 0 aromatic carbocycles. The average molecular weight is 169 g/mol. The van der Waals surface area contributed by atoms with Crippen LogP contribution in [0.3, 0.4) is 0 Å². The zero-order valence-corrected chi connectivity index (χ0v) is 6.07. The fraction of sp³-hybridized carbons (Fsp3) is 0.167. The maximum Gasteiger partial charge on any atom is 0.394 e. The smallest absolute Gasteiger partial charge is 0.394 e. The molecule has 3 N–H and O–H groups in total. The lowest BCUT2D eigenvalue weighted by atomic mass is 10.3. The molecule has 0 atom stereocenters. The number of carbonyl (C=O) groups excluding carboxylic acids is 1. The van der Waals surface area contributed by atoms with Crippen LogP contribution in [0.4, 0.5) is 0 Å². The second-order valence-corrected chi connectivity index (χ2v) is 2.09. The molecule has 0 unspecified atom stereocenters. The largest absolute Gasteiger partial charge is 0.474 e. The number of hydrogen-bond acceptors (Lipinski definition) is 3. The van der Waals surface area contributed by atoms with E-state index in [0.29, 0.717) is 0 Å². The Morgan fingerprint density at radius 3 is 2.92 bits per heavy atom. The van der Waals surface area contributed by atoms with Crippen molar-refractivity contribution < 1.29 is 14.7 Å². The Labute approximate surface area is 67.6 Å². The number of carboxylic acids is 1. The van der Waals surface area contributed by atoms with Crippen molar-refractivity contribution in [2.75, 3.05) is 0 Å². The normalized spacial score (nSPS) is 9.33. The first-order valence-electron chi connectivity index (χ1n) is 3.19. The van der Waals surface area contributed by atoms with Crippen LogP contribution in [0.25, 0.3) is 0 Å². The second kappa shape index (κ2) is 3.51. The van der Waals surface area contributed by atoms with Crippen LogP contribution in [0.1, 0.15) is 5.56 Å². The number of rotatable bonds is 2.